The van der Waals surface area contributed by atoms with Crippen molar-refractivity contribution in [2.75, 3.05) is 29.9 Å². The monoisotopic (exact) mass is 455 g/mol. The molecule has 2 aromatic rings. The van der Waals surface area contributed by atoms with Gasteiger partial charge in [0.2, 0.25) is 5.95 Å². The standard InChI is InChI=1S/C25H34FN5S/c1-18-7-6-14-31(16-18)22-15-19(2)28-23(29-22)30-24(32)27-17-25(12-4-3-5-13-25)20-8-10-21(26)11-9-20/h8-11,15,18H,3-7,12-14,16-17H2,1-2H3,(H2,27,28,29,30,32)/t18-/m1/s1. The van der Waals surface area contributed by atoms with Gasteiger partial charge in [-0.2, -0.15) is 4.98 Å². The van der Waals surface area contributed by atoms with Crippen molar-refractivity contribution in [2.24, 2.45) is 5.92 Å². The molecule has 0 bridgehead atoms. The highest BCUT2D eigenvalue weighted by molar-refractivity contribution is 7.80. The minimum Gasteiger partial charge on any atom is -0.361 e. The smallest absolute Gasteiger partial charge is 0.231 e. The summed E-state index contributed by atoms with van der Waals surface area (Å²) >= 11 is 5.61. The van der Waals surface area contributed by atoms with E-state index in [4.69, 9.17) is 17.2 Å². The molecule has 2 aliphatic rings. The van der Waals surface area contributed by atoms with E-state index in [1.54, 1.807) is 12.1 Å². The van der Waals surface area contributed by atoms with E-state index < -0.39 is 0 Å². The number of thiocarbonyl (C=S) groups is 1. The van der Waals surface area contributed by atoms with Crippen LogP contribution in [-0.4, -0.2) is 34.7 Å². The molecular weight excluding hydrogens is 421 g/mol. The summed E-state index contributed by atoms with van der Waals surface area (Å²) in [7, 11) is 0. The zero-order chi connectivity index (χ0) is 22.6. The van der Waals surface area contributed by atoms with Gasteiger partial charge in [0.25, 0.3) is 0 Å². The number of aryl methyl sites for hydroxylation is 1. The van der Waals surface area contributed by atoms with Crippen molar-refractivity contribution < 1.29 is 4.39 Å². The number of hydrogen-bond donors (Lipinski definition) is 2. The first-order valence-electron chi connectivity index (χ1n) is 11.9. The number of nitrogens with zero attached hydrogens (tertiary/aromatic N) is 3. The summed E-state index contributed by atoms with van der Waals surface area (Å²) in [6.07, 6.45) is 8.23. The second-order valence-electron chi connectivity index (χ2n) is 9.54. The van der Waals surface area contributed by atoms with Crippen molar-refractivity contribution in [1.29, 1.82) is 0 Å². The van der Waals surface area contributed by atoms with Gasteiger partial charge in [0.1, 0.15) is 11.6 Å². The number of aromatic nitrogens is 2. The van der Waals surface area contributed by atoms with Crippen molar-refractivity contribution in [2.45, 2.75) is 64.2 Å². The molecule has 4 rings (SSSR count). The molecule has 0 unspecified atom stereocenters. The Kier molecular flexibility index (Phi) is 7.23. The number of hydrogen-bond acceptors (Lipinski definition) is 4. The molecule has 1 saturated heterocycles. The van der Waals surface area contributed by atoms with E-state index in [9.17, 15) is 4.39 Å². The molecule has 32 heavy (non-hydrogen) atoms. The molecule has 2 N–H and O–H groups in total. The molecule has 2 heterocycles. The molecular formula is C25H34FN5S. The molecule has 1 aromatic carbocycles. The van der Waals surface area contributed by atoms with Gasteiger partial charge in [-0.15, -0.1) is 0 Å². The summed E-state index contributed by atoms with van der Waals surface area (Å²) in [4.78, 5) is 11.6. The Labute approximate surface area is 196 Å². The van der Waals surface area contributed by atoms with E-state index in [0.29, 0.717) is 23.5 Å². The summed E-state index contributed by atoms with van der Waals surface area (Å²) in [6.45, 7) is 7.06. The Morgan fingerprint density at radius 3 is 2.62 bits per heavy atom. The van der Waals surface area contributed by atoms with Crippen LogP contribution in [0.3, 0.4) is 0 Å². The van der Waals surface area contributed by atoms with E-state index in [2.05, 4.69) is 27.4 Å². The SMILES string of the molecule is Cc1cc(N2CCC[C@@H](C)C2)nc(NC(=S)NCC2(c3ccc(F)cc3)CCCCC2)n1. The molecule has 1 aliphatic carbocycles. The Hall–Kier alpha value is -2.28. The predicted molar refractivity (Wildman–Crippen MR) is 133 cm³/mol. The molecule has 0 amide bonds. The van der Waals surface area contributed by atoms with Crippen LogP contribution in [0.5, 0.6) is 0 Å². The Bertz CT molecular complexity index is 926. The lowest BCUT2D eigenvalue weighted by Crippen LogP contribution is -2.43. The van der Waals surface area contributed by atoms with Crippen molar-refractivity contribution in [3.05, 3.63) is 47.4 Å². The second kappa shape index (κ2) is 10.1. The number of anilines is 2. The topological polar surface area (TPSA) is 53.1 Å². The highest BCUT2D eigenvalue weighted by atomic mass is 32.1. The van der Waals surface area contributed by atoms with Crippen molar-refractivity contribution >= 4 is 29.1 Å². The number of nitrogens with one attached hydrogen (secondary N) is 2. The van der Waals surface area contributed by atoms with E-state index in [1.807, 2.05) is 25.1 Å². The third-order valence-electron chi connectivity index (χ3n) is 6.90. The first kappa shape index (κ1) is 22.9. The summed E-state index contributed by atoms with van der Waals surface area (Å²) in [6, 6.07) is 9.02. The van der Waals surface area contributed by atoms with Crippen molar-refractivity contribution in [1.82, 2.24) is 15.3 Å². The maximum absolute atomic E-state index is 13.5. The number of benzene rings is 1. The van der Waals surface area contributed by atoms with Crippen molar-refractivity contribution in [3.63, 3.8) is 0 Å². The molecule has 1 aliphatic heterocycles. The van der Waals surface area contributed by atoms with Gasteiger partial charge in [0.15, 0.2) is 5.11 Å². The van der Waals surface area contributed by atoms with Crippen molar-refractivity contribution in [3.8, 4) is 0 Å². The molecule has 5 nitrogen and oxygen atoms in total. The summed E-state index contributed by atoms with van der Waals surface area (Å²) < 4.78 is 13.5. The molecule has 1 atom stereocenters. The second-order valence-corrected chi connectivity index (χ2v) is 9.95. The van der Waals surface area contributed by atoms with Crippen LogP contribution >= 0.6 is 12.2 Å². The minimum absolute atomic E-state index is 0.0275. The van der Waals surface area contributed by atoms with Crippen LogP contribution in [0.15, 0.2) is 30.3 Å². The fraction of sp³-hybridized carbons (Fsp3) is 0.560. The largest absolute Gasteiger partial charge is 0.361 e. The highest BCUT2D eigenvalue weighted by Gasteiger charge is 2.34. The average Bonchev–Trinajstić information content (AvgIpc) is 2.78. The van der Waals surface area contributed by atoms with Gasteiger partial charge < -0.3 is 15.5 Å². The first-order valence-corrected chi connectivity index (χ1v) is 12.3. The van der Waals surface area contributed by atoms with Gasteiger partial charge in [0, 0.05) is 36.8 Å². The lowest BCUT2D eigenvalue weighted by Gasteiger charge is -2.38. The third kappa shape index (κ3) is 5.55. The van der Waals surface area contributed by atoms with Crippen LogP contribution in [0, 0.1) is 18.7 Å². The molecule has 0 radical (unpaired) electrons. The van der Waals surface area contributed by atoms with E-state index in [0.717, 1.165) is 37.4 Å². The first-order chi connectivity index (χ1) is 15.4. The van der Waals surface area contributed by atoms with Crippen LogP contribution in [0.1, 0.15) is 63.1 Å². The third-order valence-corrected chi connectivity index (χ3v) is 7.15. The molecule has 172 valence electrons. The summed E-state index contributed by atoms with van der Waals surface area (Å²) in [5.41, 5.74) is 2.08. The van der Waals surface area contributed by atoms with Crippen LogP contribution < -0.4 is 15.5 Å². The van der Waals surface area contributed by atoms with Crippen LogP contribution in [-0.2, 0) is 5.41 Å². The fourth-order valence-electron chi connectivity index (χ4n) is 5.16. The Balaban J connectivity index is 1.43. The van der Waals surface area contributed by atoms with Crippen LogP contribution in [0.2, 0.25) is 0 Å². The zero-order valence-electron chi connectivity index (χ0n) is 19.2. The van der Waals surface area contributed by atoms with Gasteiger partial charge in [-0.1, -0.05) is 38.3 Å². The van der Waals surface area contributed by atoms with Gasteiger partial charge in [-0.25, -0.2) is 9.37 Å². The lowest BCUT2D eigenvalue weighted by atomic mass is 9.69. The number of piperidine rings is 1. The van der Waals surface area contributed by atoms with Gasteiger partial charge >= 0.3 is 0 Å². The summed E-state index contributed by atoms with van der Waals surface area (Å²) in [5.74, 6) is 1.98. The highest BCUT2D eigenvalue weighted by Crippen LogP contribution is 2.39. The molecule has 2 fully saturated rings. The zero-order valence-corrected chi connectivity index (χ0v) is 20.0. The maximum Gasteiger partial charge on any atom is 0.231 e. The number of rotatable bonds is 5. The molecule has 1 aromatic heterocycles. The minimum atomic E-state index is -0.194. The van der Waals surface area contributed by atoms with E-state index in [1.165, 1.54) is 37.7 Å². The van der Waals surface area contributed by atoms with Gasteiger partial charge in [-0.05, 0) is 68.4 Å². The number of halogens is 1. The quantitative estimate of drug-likeness (QED) is 0.593. The van der Waals surface area contributed by atoms with E-state index >= 15 is 0 Å². The Morgan fingerprint density at radius 1 is 1.16 bits per heavy atom. The molecule has 0 spiro atoms. The maximum atomic E-state index is 13.5. The van der Waals surface area contributed by atoms with Crippen LogP contribution in [0.4, 0.5) is 16.2 Å². The van der Waals surface area contributed by atoms with Gasteiger partial charge in [-0.3, -0.25) is 0 Å². The molecule has 7 heteroatoms. The average molecular weight is 456 g/mol. The van der Waals surface area contributed by atoms with Crippen LogP contribution in [0.25, 0.3) is 0 Å². The summed E-state index contributed by atoms with van der Waals surface area (Å²) in [5, 5.41) is 7.14. The fourth-order valence-corrected chi connectivity index (χ4v) is 5.33. The molecule has 1 saturated carbocycles. The van der Waals surface area contributed by atoms with E-state index in [-0.39, 0.29) is 11.2 Å². The van der Waals surface area contributed by atoms with Gasteiger partial charge in [0.05, 0.1) is 0 Å². The Morgan fingerprint density at radius 2 is 1.91 bits per heavy atom. The normalized spacial score (nSPS) is 20.6. The predicted octanol–water partition coefficient (Wildman–Crippen LogP) is 5.35. The lowest BCUT2D eigenvalue weighted by molar-refractivity contribution is 0.292.